The Labute approximate surface area is 139 Å². The maximum atomic E-state index is 12.1. The van der Waals surface area contributed by atoms with Gasteiger partial charge in [0.05, 0.1) is 0 Å². The van der Waals surface area contributed by atoms with Gasteiger partial charge in [-0.1, -0.05) is 59.7 Å². The molecule has 0 amide bonds. The van der Waals surface area contributed by atoms with Crippen molar-refractivity contribution in [3.63, 3.8) is 0 Å². The van der Waals surface area contributed by atoms with Gasteiger partial charge in [0.15, 0.2) is 0 Å². The molecule has 0 bridgehead atoms. The van der Waals surface area contributed by atoms with E-state index in [0.717, 1.165) is 10.8 Å². The van der Waals surface area contributed by atoms with Crippen LogP contribution in [0.15, 0.2) is 29.2 Å². The lowest BCUT2D eigenvalue weighted by Crippen LogP contribution is -2.11. The predicted octanol–water partition coefficient (Wildman–Crippen LogP) is 5.46. The van der Waals surface area contributed by atoms with E-state index in [-0.39, 0.29) is 16.7 Å². The van der Waals surface area contributed by atoms with Crippen LogP contribution in [-0.4, -0.2) is 13.0 Å². The van der Waals surface area contributed by atoms with Crippen molar-refractivity contribution in [2.75, 3.05) is 0 Å². The first-order chi connectivity index (χ1) is 10.5. The first kappa shape index (κ1) is 18.0. The van der Waals surface area contributed by atoms with Crippen LogP contribution < -0.4 is 0 Å². The van der Waals surface area contributed by atoms with Gasteiger partial charge in [-0.15, -0.1) is 0 Å². The Bertz CT molecular complexity index is 831. The van der Waals surface area contributed by atoms with Gasteiger partial charge in [0.1, 0.15) is 4.90 Å². The summed E-state index contributed by atoms with van der Waals surface area (Å²) in [5.74, 6) is 0.417. The molecular weight excluding hydrogens is 308 g/mol. The second-order valence-electron chi connectivity index (χ2n) is 7.13. The van der Waals surface area contributed by atoms with Crippen LogP contribution in [0.2, 0.25) is 0 Å². The number of benzene rings is 2. The topological polar surface area (TPSA) is 54.4 Å². The molecule has 23 heavy (non-hydrogen) atoms. The lowest BCUT2D eigenvalue weighted by molar-refractivity contribution is 0.479. The van der Waals surface area contributed by atoms with Crippen LogP contribution in [0.3, 0.4) is 0 Å². The molecule has 0 aromatic heterocycles. The van der Waals surface area contributed by atoms with E-state index in [2.05, 4.69) is 19.9 Å². The maximum Gasteiger partial charge on any atom is 0.295 e. The normalized spacial score (nSPS) is 12.8. The molecule has 2 aromatic rings. The maximum absolute atomic E-state index is 12.1. The second-order valence-corrected chi connectivity index (χ2v) is 8.49. The van der Waals surface area contributed by atoms with E-state index in [9.17, 15) is 13.0 Å². The third kappa shape index (κ3) is 3.43. The van der Waals surface area contributed by atoms with Crippen molar-refractivity contribution >= 4 is 20.9 Å². The Kier molecular flexibility index (Phi) is 4.88. The van der Waals surface area contributed by atoms with E-state index in [1.807, 2.05) is 45.9 Å². The van der Waals surface area contributed by atoms with Crippen molar-refractivity contribution in [1.82, 2.24) is 0 Å². The summed E-state index contributed by atoms with van der Waals surface area (Å²) < 4.78 is 33.9. The first-order valence-corrected chi connectivity index (χ1v) is 9.56. The monoisotopic (exact) mass is 334 g/mol. The number of hydrogen-bond acceptors (Lipinski definition) is 2. The van der Waals surface area contributed by atoms with E-state index in [4.69, 9.17) is 0 Å². The number of fused-ring (bicyclic) bond motifs is 1. The fraction of sp³-hybridized carbons (Fsp3) is 0.474. The van der Waals surface area contributed by atoms with Gasteiger partial charge >= 0.3 is 0 Å². The summed E-state index contributed by atoms with van der Waals surface area (Å²) in [7, 11) is -4.27. The Morgan fingerprint density at radius 1 is 0.870 bits per heavy atom. The molecule has 2 rings (SSSR count). The Balaban J connectivity index is 3.01. The Hall–Kier alpha value is -1.39. The molecule has 0 radical (unpaired) electrons. The summed E-state index contributed by atoms with van der Waals surface area (Å²) in [4.78, 5) is 0.0901. The standard InChI is InChI=1S/C19H26O3S/c1-11(2)14-7-8-16-15(9-14)10-17(12(3)4)19(23(20,21)22)18(16)13(5)6/h7-13H,1-6H3,(H,20,21,22). The van der Waals surface area contributed by atoms with Gasteiger partial charge in [0.2, 0.25) is 0 Å². The van der Waals surface area contributed by atoms with Gasteiger partial charge in [-0.25, -0.2) is 0 Å². The molecule has 2 aromatic carbocycles. The van der Waals surface area contributed by atoms with Crippen LogP contribution in [0.4, 0.5) is 0 Å². The average Bonchev–Trinajstić information content (AvgIpc) is 2.42. The van der Waals surface area contributed by atoms with Crippen LogP contribution in [0, 0.1) is 0 Å². The molecule has 0 aliphatic rings. The van der Waals surface area contributed by atoms with Crippen LogP contribution in [0.25, 0.3) is 10.8 Å². The van der Waals surface area contributed by atoms with Crippen LogP contribution in [0.5, 0.6) is 0 Å². The van der Waals surface area contributed by atoms with Crippen molar-refractivity contribution < 1.29 is 13.0 Å². The predicted molar refractivity (Wildman–Crippen MR) is 96.0 cm³/mol. The highest BCUT2D eigenvalue weighted by Crippen LogP contribution is 2.38. The number of rotatable bonds is 4. The molecule has 0 aliphatic carbocycles. The molecular formula is C19H26O3S. The number of hydrogen-bond donors (Lipinski definition) is 1. The van der Waals surface area contributed by atoms with Crippen molar-refractivity contribution in [3.05, 3.63) is 41.0 Å². The van der Waals surface area contributed by atoms with Gasteiger partial charge in [-0.05, 0) is 51.3 Å². The smallest absolute Gasteiger partial charge is 0.282 e. The van der Waals surface area contributed by atoms with Crippen molar-refractivity contribution in [1.29, 1.82) is 0 Å². The highest BCUT2D eigenvalue weighted by atomic mass is 32.2. The summed E-state index contributed by atoms with van der Waals surface area (Å²) >= 11 is 0. The Morgan fingerprint density at radius 2 is 1.48 bits per heavy atom. The highest BCUT2D eigenvalue weighted by molar-refractivity contribution is 7.86. The van der Waals surface area contributed by atoms with E-state index in [1.54, 1.807) is 0 Å². The fourth-order valence-corrected chi connectivity index (χ4v) is 4.32. The molecule has 126 valence electrons. The van der Waals surface area contributed by atoms with Gasteiger partial charge in [0, 0.05) is 0 Å². The third-order valence-electron chi connectivity index (χ3n) is 4.31. The summed E-state index contributed by atoms with van der Waals surface area (Å²) in [6.45, 7) is 12.1. The summed E-state index contributed by atoms with van der Waals surface area (Å²) in [6, 6.07) is 8.08. The zero-order valence-electron chi connectivity index (χ0n) is 14.7. The summed E-state index contributed by atoms with van der Waals surface area (Å²) in [6.07, 6.45) is 0. The average molecular weight is 334 g/mol. The van der Waals surface area contributed by atoms with Gasteiger partial charge in [-0.2, -0.15) is 8.42 Å². The van der Waals surface area contributed by atoms with Crippen molar-refractivity contribution in [2.24, 2.45) is 0 Å². The molecule has 0 aliphatic heterocycles. The molecule has 0 saturated carbocycles. The molecule has 0 spiro atoms. The van der Waals surface area contributed by atoms with E-state index in [1.165, 1.54) is 5.56 Å². The molecule has 0 unspecified atom stereocenters. The molecule has 0 saturated heterocycles. The highest BCUT2D eigenvalue weighted by Gasteiger charge is 2.26. The molecule has 1 N–H and O–H groups in total. The van der Waals surface area contributed by atoms with Gasteiger partial charge in [-0.3, -0.25) is 4.55 Å². The summed E-state index contributed by atoms with van der Waals surface area (Å²) in [5.41, 5.74) is 2.62. The minimum Gasteiger partial charge on any atom is -0.282 e. The zero-order chi connectivity index (χ0) is 17.5. The summed E-state index contributed by atoms with van der Waals surface area (Å²) in [5, 5.41) is 1.94. The SMILES string of the molecule is CC(C)c1ccc2c(C(C)C)c(S(=O)(=O)O)c(C(C)C)cc2c1. The zero-order valence-corrected chi connectivity index (χ0v) is 15.5. The molecule has 0 atom stereocenters. The lowest BCUT2D eigenvalue weighted by atomic mass is 9.88. The van der Waals surface area contributed by atoms with Crippen molar-refractivity contribution in [3.8, 4) is 0 Å². The van der Waals surface area contributed by atoms with Crippen LogP contribution >= 0.6 is 0 Å². The quantitative estimate of drug-likeness (QED) is 0.756. The molecule has 0 heterocycles. The van der Waals surface area contributed by atoms with Gasteiger partial charge < -0.3 is 0 Å². The van der Waals surface area contributed by atoms with E-state index >= 15 is 0 Å². The molecule has 3 nitrogen and oxygen atoms in total. The second kappa shape index (κ2) is 6.25. The van der Waals surface area contributed by atoms with Gasteiger partial charge in [0.25, 0.3) is 10.1 Å². The van der Waals surface area contributed by atoms with E-state index < -0.39 is 10.1 Å². The third-order valence-corrected chi connectivity index (χ3v) is 5.28. The minimum absolute atomic E-state index is 0.00183. The lowest BCUT2D eigenvalue weighted by Gasteiger charge is -2.21. The van der Waals surface area contributed by atoms with Crippen LogP contribution in [0.1, 0.15) is 76.0 Å². The molecule has 0 fully saturated rings. The largest absolute Gasteiger partial charge is 0.295 e. The van der Waals surface area contributed by atoms with E-state index in [0.29, 0.717) is 17.0 Å². The minimum atomic E-state index is -4.27. The van der Waals surface area contributed by atoms with Crippen molar-refractivity contribution in [2.45, 2.75) is 64.2 Å². The Morgan fingerprint density at radius 3 is 1.91 bits per heavy atom. The first-order valence-electron chi connectivity index (χ1n) is 8.12. The fourth-order valence-electron chi connectivity index (χ4n) is 3.11. The van der Waals surface area contributed by atoms with Crippen LogP contribution in [-0.2, 0) is 10.1 Å². The molecule has 4 heteroatoms.